The topological polar surface area (TPSA) is 78.1 Å². The third-order valence-corrected chi connectivity index (χ3v) is 10.9. The quantitative estimate of drug-likeness (QED) is 0.175. The Morgan fingerprint density at radius 1 is 0.281 bits per heavy atom. The van der Waals surface area contributed by atoms with Gasteiger partial charge >= 0.3 is 0 Å². The van der Waals surface area contributed by atoms with Gasteiger partial charge in [-0.25, -0.2) is 15.0 Å². The minimum Gasteiger partial charge on any atom is -0.456 e. The Labute approximate surface area is 325 Å². The van der Waals surface area contributed by atoms with Crippen molar-refractivity contribution in [1.82, 2.24) is 15.0 Å². The largest absolute Gasteiger partial charge is 0.456 e. The van der Waals surface area contributed by atoms with Crippen molar-refractivity contribution in [2.75, 3.05) is 0 Å². The SMILES string of the molecule is c1ccc(-c2nc(-c3ccccc3)nc(-c3cccc4oc5cc(-c6cc(-c7cccc8oc9ccccc9c78)cc7c6oc6ccccc67)ccc5c34)n2)cc1. The molecular weight excluding hydrogens is 703 g/mol. The Morgan fingerprint density at radius 3 is 1.54 bits per heavy atom. The van der Waals surface area contributed by atoms with Crippen molar-refractivity contribution in [2.45, 2.75) is 0 Å². The number of rotatable bonds is 5. The predicted molar refractivity (Wildman–Crippen MR) is 229 cm³/mol. The van der Waals surface area contributed by atoms with E-state index in [1.54, 1.807) is 0 Å². The van der Waals surface area contributed by atoms with Crippen LogP contribution in [-0.4, -0.2) is 15.0 Å². The van der Waals surface area contributed by atoms with Crippen LogP contribution < -0.4 is 0 Å². The maximum absolute atomic E-state index is 6.67. The molecule has 0 saturated heterocycles. The minimum absolute atomic E-state index is 0.581. The molecule has 6 heteroatoms. The molecule has 0 aliphatic carbocycles. The van der Waals surface area contributed by atoms with E-state index in [-0.39, 0.29) is 0 Å². The van der Waals surface area contributed by atoms with Crippen molar-refractivity contribution in [1.29, 1.82) is 0 Å². The van der Waals surface area contributed by atoms with Crippen LogP contribution in [0.2, 0.25) is 0 Å². The van der Waals surface area contributed by atoms with Crippen LogP contribution in [0.15, 0.2) is 189 Å². The zero-order valence-corrected chi connectivity index (χ0v) is 30.3. The van der Waals surface area contributed by atoms with E-state index in [0.717, 1.165) is 105 Å². The fourth-order valence-corrected chi connectivity index (χ4v) is 8.32. The van der Waals surface area contributed by atoms with Crippen LogP contribution in [0.5, 0.6) is 0 Å². The Balaban J connectivity index is 1.07. The maximum Gasteiger partial charge on any atom is 0.164 e. The monoisotopic (exact) mass is 731 g/mol. The van der Waals surface area contributed by atoms with Gasteiger partial charge in [0.15, 0.2) is 17.5 Å². The molecule has 0 atom stereocenters. The van der Waals surface area contributed by atoms with Gasteiger partial charge in [-0.3, -0.25) is 0 Å². The van der Waals surface area contributed by atoms with Crippen LogP contribution in [0.3, 0.4) is 0 Å². The van der Waals surface area contributed by atoms with Gasteiger partial charge in [0.2, 0.25) is 0 Å². The highest BCUT2D eigenvalue weighted by Crippen LogP contribution is 2.44. The molecule has 12 rings (SSSR count). The third kappa shape index (κ3) is 5.01. The number of hydrogen-bond acceptors (Lipinski definition) is 6. The first-order valence-corrected chi connectivity index (χ1v) is 18.9. The van der Waals surface area contributed by atoms with E-state index in [4.69, 9.17) is 28.2 Å². The number of fused-ring (bicyclic) bond motifs is 9. The lowest BCUT2D eigenvalue weighted by Crippen LogP contribution is -2.00. The van der Waals surface area contributed by atoms with E-state index in [9.17, 15) is 0 Å². The summed E-state index contributed by atoms with van der Waals surface area (Å²) >= 11 is 0. The molecule has 0 spiro atoms. The molecule has 0 aliphatic rings. The molecule has 12 aromatic rings. The molecule has 57 heavy (non-hydrogen) atoms. The molecule has 266 valence electrons. The lowest BCUT2D eigenvalue weighted by atomic mass is 9.93. The molecular formula is C51H29N3O3. The van der Waals surface area contributed by atoms with E-state index in [0.29, 0.717) is 17.5 Å². The molecule has 8 aromatic carbocycles. The van der Waals surface area contributed by atoms with Gasteiger partial charge < -0.3 is 13.3 Å². The van der Waals surface area contributed by atoms with Gasteiger partial charge in [0.25, 0.3) is 0 Å². The number of hydrogen-bond donors (Lipinski definition) is 0. The van der Waals surface area contributed by atoms with Gasteiger partial charge in [0, 0.05) is 54.6 Å². The summed E-state index contributed by atoms with van der Waals surface area (Å²) in [5, 5.41) is 6.22. The van der Waals surface area contributed by atoms with Crippen LogP contribution in [-0.2, 0) is 0 Å². The summed E-state index contributed by atoms with van der Waals surface area (Å²) in [5.41, 5.74) is 11.8. The highest BCUT2D eigenvalue weighted by molar-refractivity contribution is 6.17. The van der Waals surface area contributed by atoms with Gasteiger partial charge in [-0.05, 0) is 65.2 Å². The second-order valence-corrected chi connectivity index (χ2v) is 14.3. The smallest absolute Gasteiger partial charge is 0.164 e. The second-order valence-electron chi connectivity index (χ2n) is 14.3. The summed E-state index contributed by atoms with van der Waals surface area (Å²) in [7, 11) is 0. The summed E-state index contributed by atoms with van der Waals surface area (Å²) < 4.78 is 19.6. The Kier molecular flexibility index (Phi) is 6.83. The highest BCUT2D eigenvalue weighted by atomic mass is 16.3. The third-order valence-electron chi connectivity index (χ3n) is 10.9. The highest BCUT2D eigenvalue weighted by Gasteiger charge is 2.21. The summed E-state index contributed by atoms with van der Waals surface area (Å²) in [6.07, 6.45) is 0. The van der Waals surface area contributed by atoms with Crippen molar-refractivity contribution < 1.29 is 13.3 Å². The molecule has 0 N–H and O–H groups in total. The van der Waals surface area contributed by atoms with Gasteiger partial charge in [0.05, 0.1) is 0 Å². The van der Waals surface area contributed by atoms with Gasteiger partial charge in [-0.2, -0.15) is 0 Å². The maximum atomic E-state index is 6.67. The second kappa shape index (κ2) is 12.3. The first-order chi connectivity index (χ1) is 28.2. The lowest BCUT2D eigenvalue weighted by Gasteiger charge is -2.10. The molecule has 0 amide bonds. The standard InChI is InChI=1S/C51H29N3O3/c1-3-13-30(14-4-1)49-52-50(31-15-5-2-6-16-31)54-51(53-49)38-20-12-24-44-47(38)37-26-25-32(29-45(37)56-44)39-27-33(28-40-35-17-7-9-21-41(35)57-48(39)40)34-19-11-23-43-46(34)36-18-8-10-22-42(36)55-43/h1-29H. The van der Waals surface area contributed by atoms with Gasteiger partial charge in [-0.1, -0.05) is 127 Å². The zero-order valence-electron chi connectivity index (χ0n) is 30.3. The van der Waals surface area contributed by atoms with Crippen molar-refractivity contribution in [2.24, 2.45) is 0 Å². The van der Waals surface area contributed by atoms with E-state index >= 15 is 0 Å². The number of para-hydroxylation sites is 2. The molecule has 0 saturated carbocycles. The van der Waals surface area contributed by atoms with Gasteiger partial charge in [0.1, 0.15) is 33.5 Å². The number of benzene rings is 8. The average Bonchev–Trinajstić information content (AvgIpc) is 3.97. The molecule has 4 heterocycles. The zero-order chi connectivity index (χ0) is 37.5. The summed E-state index contributed by atoms with van der Waals surface area (Å²) in [5.74, 6) is 1.80. The van der Waals surface area contributed by atoms with Crippen molar-refractivity contribution in [3.63, 3.8) is 0 Å². The summed E-state index contributed by atoms with van der Waals surface area (Å²) in [4.78, 5) is 15.0. The van der Waals surface area contributed by atoms with Gasteiger partial charge in [-0.15, -0.1) is 0 Å². The van der Waals surface area contributed by atoms with E-state index in [1.165, 1.54) is 0 Å². The predicted octanol–water partition coefficient (Wildman–Crippen LogP) is 13.9. The summed E-state index contributed by atoms with van der Waals surface area (Å²) in [6.45, 7) is 0. The first kappa shape index (κ1) is 31.5. The number of aromatic nitrogens is 3. The molecule has 0 fully saturated rings. The normalized spacial score (nSPS) is 11.9. The van der Waals surface area contributed by atoms with E-state index in [1.807, 2.05) is 103 Å². The number of furan rings is 3. The molecule has 0 radical (unpaired) electrons. The Hall–Kier alpha value is -7.83. The average molecular weight is 732 g/mol. The van der Waals surface area contributed by atoms with Crippen LogP contribution in [0.1, 0.15) is 0 Å². The molecule has 0 bridgehead atoms. The number of nitrogens with zero attached hydrogens (tertiary/aromatic N) is 3. The molecule has 0 unspecified atom stereocenters. The molecule has 0 aliphatic heterocycles. The van der Waals surface area contributed by atoms with Crippen LogP contribution in [0.4, 0.5) is 0 Å². The van der Waals surface area contributed by atoms with Crippen LogP contribution in [0.25, 0.3) is 122 Å². The van der Waals surface area contributed by atoms with Crippen molar-refractivity contribution >= 4 is 65.8 Å². The Morgan fingerprint density at radius 2 is 0.825 bits per heavy atom. The lowest BCUT2D eigenvalue weighted by molar-refractivity contribution is 0.668. The fraction of sp³-hybridized carbons (Fsp3) is 0. The molecule has 6 nitrogen and oxygen atoms in total. The van der Waals surface area contributed by atoms with Crippen LogP contribution in [0, 0.1) is 0 Å². The van der Waals surface area contributed by atoms with Crippen molar-refractivity contribution in [3.05, 3.63) is 176 Å². The minimum atomic E-state index is 0.581. The summed E-state index contributed by atoms with van der Waals surface area (Å²) in [6, 6.07) is 59.8. The van der Waals surface area contributed by atoms with Crippen LogP contribution >= 0.6 is 0 Å². The first-order valence-electron chi connectivity index (χ1n) is 18.9. The molecule has 4 aromatic heterocycles. The Bertz CT molecular complexity index is 3470. The van der Waals surface area contributed by atoms with Crippen molar-refractivity contribution in [3.8, 4) is 56.4 Å². The van der Waals surface area contributed by atoms with E-state index < -0.39 is 0 Å². The fourth-order valence-electron chi connectivity index (χ4n) is 8.32. The van der Waals surface area contributed by atoms with E-state index in [2.05, 4.69) is 72.8 Å².